The third-order valence-corrected chi connectivity index (χ3v) is 21.4. The number of fused-ring (bicyclic) bond motifs is 1. The third-order valence-electron chi connectivity index (χ3n) is 20.7. The fourth-order valence-corrected chi connectivity index (χ4v) is 16.2. The van der Waals surface area contributed by atoms with E-state index in [0.717, 1.165) is 50.2 Å². The number of aromatic nitrogens is 1. The Balaban J connectivity index is 0.000000153. The van der Waals surface area contributed by atoms with E-state index in [9.17, 15) is 0 Å². The molecule has 0 saturated heterocycles. The average molecular weight is 1380 g/mol. The molecule has 14 rings (SSSR count). The molecule has 14 aromatic rings. The molecule has 0 aliphatic carbocycles. The molecule has 1 heterocycles. The lowest BCUT2D eigenvalue weighted by atomic mass is 9.33. The maximum absolute atomic E-state index is 5.85. The molecule has 1 aromatic heterocycles. The molecular weight excluding hydrogens is 1280 g/mol. The van der Waals surface area contributed by atoms with Gasteiger partial charge in [0.15, 0.2) is 0 Å². The van der Waals surface area contributed by atoms with Gasteiger partial charge in [-0.05, 0) is 180 Å². The SMILES string of the molecule is C=Cc1ccc(-c2cc(C)c(B(c3c(C)cc(-c4ccccc4)cc3C)c3c(C)cc(-c4ccccc4)cc3C)c(C)c2)cc1.C=Cc1ccc(-c2cc(C)c(B(c3c(C)cccc3C)c3c(C)cccc3C)c(C)c2)cc1.C=Cc1ccc(-c2ccc([O][Al][O]c3cccc4cccnc34)cc2)cc1. The zero-order valence-electron chi connectivity index (χ0n) is 62.9. The summed E-state index contributed by atoms with van der Waals surface area (Å²) >= 11 is -0.674. The maximum atomic E-state index is 5.85. The number of hydrogen-bond donors (Lipinski definition) is 0. The van der Waals surface area contributed by atoms with Gasteiger partial charge in [-0.1, -0.05) is 386 Å². The van der Waals surface area contributed by atoms with E-state index < -0.39 is 15.9 Å². The van der Waals surface area contributed by atoms with Gasteiger partial charge in [0, 0.05) is 11.6 Å². The molecule has 0 unspecified atom stereocenters. The van der Waals surface area contributed by atoms with Gasteiger partial charge in [0.05, 0.1) is 5.75 Å². The summed E-state index contributed by atoms with van der Waals surface area (Å²) in [6.45, 7) is 39.2. The molecule has 0 fully saturated rings. The van der Waals surface area contributed by atoms with E-state index in [-0.39, 0.29) is 13.4 Å². The Labute approximate surface area is 632 Å². The summed E-state index contributed by atoms with van der Waals surface area (Å²) in [4.78, 5) is 4.39. The normalized spacial score (nSPS) is 10.8. The second kappa shape index (κ2) is 33.5. The van der Waals surface area contributed by atoms with Crippen LogP contribution < -0.4 is 40.4 Å². The molecule has 0 spiro atoms. The van der Waals surface area contributed by atoms with Crippen molar-refractivity contribution in [3.8, 4) is 67.1 Å². The zero-order chi connectivity index (χ0) is 73.8. The van der Waals surface area contributed by atoms with Crippen molar-refractivity contribution in [2.24, 2.45) is 0 Å². The molecular formula is C99H91AlB2NO2. The van der Waals surface area contributed by atoms with Crippen molar-refractivity contribution in [1.29, 1.82) is 0 Å². The topological polar surface area (TPSA) is 31.4 Å². The highest BCUT2D eigenvalue weighted by Gasteiger charge is 2.33. The fraction of sp³-hybridized carbons (Fsp3) is 0.121. The van der Waals surface area contributed by atoms with Crippen LogP contribution in [0.15, 0.2) is 299 Å². The largest absolute Gasteiger partial charge is 0.881 e. The Bertz CT molecular complexity index is 5170. The number of aryl methyl sites for hydroxylation is 12. The molecule has 0 atom stereocenters. The van der Waals surface area contributed by atoms with Crippen LogP contribution >= 0.6 is 0 Å². The van der Waals surface area contributed by atoms with Gasteiger partial charge >= 0.3 is 15.9 Å². The molecule has 0 saturated carbocycles. The molecule has 0 aliphatic rings. The van der Waals surface area contributed by atoms with Crippen molar-refractivity contribution in [2.45, 2.75) is 83.1 Å². The Morgan fingerprint density at radius 1 is 0.267 bits per heavy atom. The van der Waals surface area contributed by atoms with Crippen LogP contribution in [0, 0.1) is 83.1 Å². The minimum absolute atomic E-state index is 0.108. The highest BCUT2D eigenvalue weighted by Crippen LogP contribution is 2.31. The van der Waals surface area contributed by atoms with Crippen LogP contribution in [0.2, 0.25) is 0 Å². The van der Waals surface area contributed by atoms with Gasteiger partial charge in [0.25, 0.3) is 0 Å². The summed E-state index contributed by atoms with van der Waals surface area (Å²) in [6, 6.07) is 97.4. The zero-order valence-corrected chi connectivity index (χ0v) is 64.1. The van der Waals surface area contributed by atoms with E-state index in [1.165, 1.54) is 144 Å². The van der Waals surface area contributed by atoms with Gasteiger partial charge in [-0.3, -0.25) is 4.98 Å². The Morgan fingerprint density at radius 3 is 0.867 bits per heavy atom. The molecule has 1 radical (unpaired) electrons. The number of rotatable bonds is 18. The van der Waals surface area contributed by atoms with E-state index in [4.69, 9.17) is 7.58 Å². The molecule has 3 nitrogen and oxygen atoms in total. The summed E-state index contributed by atoms with van der Waals surface area (Å²) in [5.74, 6) is 1.55. The van der Waals surface area contributed by atoms with Gasteiger partial charge in [0.1, 0.15) is 11.3 Å². The Morgan fingerprint density at radius 2 is 0.543 bits per heavy atom. The molecule has 0 aliphatic heterocycles. The van der Waals surface area contributed by atoms with Crippen LogP contribution in [0.1, 0.15) is 83.5 Å². The first-order valence-electron chi connectivity index (χ1n) is 36.3. The lowest BCUT2D eigenvalue weighted by molar-refractivity contribution is 0.461. The van der Waals surface area contributed by atoms with Gasteiger partial charge < -0.3 is 7.58 Å². The van der Waals surface area contributed by atoms with Crippen LogP contribution in [0.5, 0.6) is 11.5 Å². The molecule has 0 N–H and O–H groups in total. The highest BCUT2D eigenvalue weighted by atomic mass is 27.2. The molecule has 0 amide bonds. The lowest BCUT2D eigenvalue weighted by Gasteiger charge is -2.28. The van der Waals surface area contributed by atoms with E-state index in [1.54, 1.807) is 6.20 Å². The maximum Gasteiger partial charge on any atom is 0.881 e. The summed E-state index contributed by atoms with van der Waals surface area (Å²) < 4.78 is 11.7. The standard InChI is InChI=1S/C44H41B.C32H33B.C14H12O.C9H7NO.Al/c1-8-35-19-21-38(22-20-35)41-27-33(6)44(34(7)28-41)45(42-29(2)23-39(24-30(42)3)36-15-11-9-12-16-36)43-31(4)25-40(26-32(43)5)37-17-13-10-14-18-37;1-8-27-15-17-28(18-16-27)29-19-25(6)32(26(7)20-29)33(30-21(2)11-9-12-22(30)3)31-23(4)13-10-14-24(31)5;1-2-11-3-5-12(6-4-11)13-7-9-14(15)10-8-13;11-8-5-1-3-7-4-2-6-10-9(7)8;/h8-28H,1H2,2-7H3;8-20H,1H2,2-7H3;2-10,15H,1H2;1-6,11H;/q;;;;+2/p-2. The van der Waals surface area contributed by atoms with Crippen LogP contribution in [0.3, 0.4) is 0 Å². The number of para-hydroxylation sites is 1. The van der Waals surface area contributed by atoms with Gasteiger partial charge in [-0.25, -0.2) is 0 Å². The van der Waals surface area contributed by atoms with Crippen molar-refractivity contribution < 1.29 is 7.58 Å². The van der Waals surface area contributed by atoms with Crippen LogP contribution in [0.4, 0.5) is 0 Å². The molecule has 105 heavy (non-hydrogen) atoms. The van der Waals surface area contributed by atoms with Crippen LogP contribution in [0.25, 0.3) is 84.8 Å². The van der Waals surface area contributed by atoms with Crippen LogP contribution in [-0.4, -0.2) is 34.3 Å². The first-order valence-corrected chi connectivity index (χ1v) is 37.3. The van der Waals surface area contributed by atoms with E-state index in [0.29, 0.717) is 0 Å². The number of pyridine rings is 1. The van der Waals surface area contributed by atoms with Crippen molar-refractivity contribution in [3.05, 3.63) is 382 Å². The van der Waals surface area contributed by atoms with E-state index >= 15 is 0 Å². The monoisotopic (exact) mass is 1370 g/mol. The average Bonchev–Trinajstić information content (AvgIpc) is 0.735. The van der Waals surface area contributed by atoms with Gasteiger partial charge in [-0.2, -0.15) is 0 Å². The fourth-order valence-electron chi connectivity index (χ4n) is 15.5. The number of hydrogen-bond acceptors (Lipinski definition) is 3. The summed E-state index contributed by atoms with van der Waals surface area (Å²) in [5.41, 5.74) is 41.2. The summed E-state index contributed by atoms with van der Waals surface area (Å²) in [7, 11) is 0. The van der Waals surface area contributed by atoms with Crippen molar-refractivity contribution in [1.82, 2.24) is 4.98 Å². The molecule has 6 heteroatoms. The minimum atomic E-state index is -0.674. The minimum Gasteiger partial charge on any atom is -0.616 e. The number of nitrogens with zero attached hydrogens (tertiary/aromatic N) is 1. The molecule has 513 valence electrons. The predicted molar refractivity (Wildman–Crippen MR) is 457 cm³/mol. The summed E-state index contributed by atoms with van der Waals surface area (Å²) in [5, 5.41) is 1.06. The number of benzene rings is 13. The first kappa shape index (κ1) is 73.5. The van der Waals surface area contributed by atoms with E-state index in [2.05, 4.69) is 338 Å². The van der Waals surface area contributed by atoms with Gasteiger partial charge in [-0.15, -0.1) is 0 Å². The molecule has 0 bridgehead atoms. The van der Waals surface area contributed by atoms with Crippen molar-refractivity contribution >= 4 is 91.2 Å². The smallest absolute Gasteiger partial charge is 0.616 e. The summed E-state index contributed by atoms with van der Waals surface area (Å²) in [6.07, 6.45) is 7.40. The van der Waals surface area contributed by atoms with Crippen molar-refractivity contribution in [2.75, 3.05) is 0 Å². The van der Waals surface area contributed by atoms with E-state index in [1.807, 2.05) is 60.7 Å². The first-order chi connectivity index (χ1) is 50.9. The highest BCUT2D eigenvalue weighted by molar-refractivity contribution is 6.97. The van der Waals surface area contributed by atoms with Gasteiger partial charge in [0.2, 0.25) is 13.4 Å². The Kier molecular flexibility index (Phi) is 23.4. The quantitative estimate of drug-likeness (QED) is 0.0803. The Hall–Kier alpha value is -11.2. The molecule has 13 aromatic carbocycles. The second-order valence-corrected chi connectivity index (χ2v) is 28.6. The second-order valence-electron chi connectivity index (χ2n) is 28.0. The van der Waals surface area contributed by atoms with Crippen molar-refractivity contribution in [3.63, 3.8) is 0 Å². The van der Waals surface area contributed by atoms with Crippen LogP contribution in [-0.2, 0) is 0 Å². The third kappa shape index (κ3) is 16.7. The lowest BCUT2D eigenvalue weighted by Crippen LogP contribution is -2.57. The predicted octanol–water partition coefficient (Wildman–Crippen LogP) is 21.6.